The van der Waals surface area contributed by atoms with E-state index in [0.717, 1.165) is 49.7 Å². The summed E-state index contributed by atoms with van der Waals surface area (Å²) >= 11 is 2.38. The van der Waals surface area contributed by atoms with Crippen molar-refractivity contribution in [3.05, 3.63) is 67.9 Å². The van der Waals surface area contributed by atoms with Crippen molar-refractivity contribution >= 4 is 65.2 Å². The average Bonchev–Trinajstić information content (AvgIpc) is 3.48. The van der Waals surface area contributed by atoms with Gasteiger partial charge in [-0.2, -0.15) is 0 Å². The number of nitrogens with zero attached hydrogens (tertiary/aromatic N) is 3. The van der Waals surface area contributed by atoms with E-state index < -0.39 is 63.2 Å². The minimum atomic E-state index is -1.87. The van der Waals surface area contributed by atoms with Gasteiger partial charge in [0.15, 0.2) is 13.4 Å². The van der Waals surface area contributed by atoms with Gasteiger partial charge in [0.05, 0.1) is 36.8 Å². The maximum absolute atomic E-state index is 15.5. The number of hydrogen-bond donors (Lipinski definition) is 1. The largest absolute Gasteiger partial charge is 0.468 e. The monoisotopic (exact) mass is 960 g/mol. The number of piperidine rings is 1. The average molecular weight is 961 g/mol. The molecule has 13 nitrogen and oxygen atoms in total. The molecule has 10 rings (SSSR count). The molecule has 2 bridgehead atoms. The third-order valence-corrected chi connectivity index (χ3v) is 18.0. The predicted molar refractivity (Wildman–Crippen MR) is 236 cm³/mol. The summed E-state index contributed by atoms with van der Waals surface area (Å²) in [7, 11) is 6.56. The number of esters is 3. The van der Waals surface area contributed by atoms with Crippen LogP contribution in [0, 0.1) is 38.6 Å². The van der Waals surface area contributed by atoms with Crippen molar-refractivity contribution in [2.75, 3.05) is 54.1 Å². The summed E-state index contributed by atoms with van der Waals surface area (Å²) < 4.78 is 32.6. The van der Waals surface area contributed by atoms with Crippen LogP contribution >= 0.6 is 22.6 Å². The van der Waals surface area contributed by atoms with Crippen LogP contribution in [-0.4, -0.2) is 141 Å². The SMILES string of the molecule is CC[C@]1(O)C[C@H]2CN(CCC3=C([B]c4cc(I)c(C)cc43)[C@@](C(=O)OC)(C3C=C4C(=CC3OC)N(C=O)[C@@]35O[C@]3(C(=O)OC)[C@H](OC(C)=O)[C@]3(CC)C=CCN6CC[C@]45[C@@H]63)C2)C1. The maximum atomic E-state index is 15.5. The highest BCUT2D eigenvalue weighted by molar-refractivity contribution is 14.1. The third-order valence-electron chi connectivity index (χ3n) is 16.8. The van der Waals surface area contributed by atoms with Crippen molar-refractivity contribution in [1.29, 1.82) is 0 Å². The summed E-state index contributed by atoms with van der Waals surface area (Å²) in [6.45, 7) is 10.7. The fourth-order valence-corrected chi connectivity index (χ4v) is 15.0. The number of aryl methyl sites for hydroxylation is 1. The molecule has 5 fully saturated rings. The van der Waals surface area contributed by atoms with E-state index in [1.54, 1.807) is 7.11 Å². The second-order valence-electron chi connectivity index (χ2n) is 19.3. The van der Waals surface area contributed by atoms with E-state index in [0.29, 0.717) is 70.4 Å². The highest BCUT2D eigenvalue weighted by Crippen LogP contribution is 2.82. The first-order chi connectivity index (χ1) is 29.6. The number of likely N-dealkylation sites (tertiary alicyclic amines) is 1. The Morgan fingerprint density at radius 2 is 1.84 bits per heavy atom. The van der Waals surface area contributed by atoms with E-state index in [9.17, 15) is 19.5 Å². The van der Waals surface area contributed by atoms with Crippen molar-refractivity contribution in [2.24, 2.45) is 28.1 Å². The summed E-state index contributed by atoms with van der Waals surface area (Å²) in [6.07, 6.45) is 10.3. The molecule has 1 radical (unpaired) electrons. The van der Waals surface area contributed by atoms with Crippen LogP contribution in [-0.2, 0) is 42.9 Å². The summed E-state index contributed by atoms with van der Waals surface area (Å²) in [5.74, 6) is -2.44. The van der Waals surface area contributed by atoms with E-state index in [-0.39, 0.29) is 17.9 Å². The van der Waals surface area contributed by atoms with E-state index in [2.05, 4.69) is 77.0 Å². The highest BCUT2D eigenvalue weighted by atomic mass is 127. The predicted octanol–water partition coefficient (Wildman–Crippen LogP) is 3.61. The molecule has 2 aliphatic carbocycles. The van der Waals surface area contributed by atoms with E-state index >= 15 is 4.79 Å². The van der Waals surface area contributed by atoms with Gasteiger partial charge in [0.2, 0.25) is 12.1 Å². The summed E-state index contributed by atoms with van der Waals surface area (Å²) in [4.78, 5) is 63.5. The number of ether oxygens (including phenoxy) is 5. The Morgan fingerprint density at radius 1 is 1.06 bits per heavy atom. The number of carbonyl (C=O) groups excluding carboxylic acids is 4. The van der Waals surface area contributed by atoms with Gasteiger partial charge in [0.25, 0.3) is 5.60 Å². The first-order valence-electron chi connectivity index (χ1n) is 22.2. The van der Waals surface area contributed by atoms with Crippen LogP contribution in [0.5, 0.6) is 0 Å². The quantitative estimate of drug-likeness (QED) is 0.0773. The molecule has 1 saturated carbocycles. The molecule has 1 aromatic carbocycles. The van der Waals surface area contributed by atoms with Crippen LogP contribution in [0.15, 0.2) is 53.2 Å². The lowest BCUT2D eigenvalue weighted by Gasteiger charge is -2.58. The Balaban J connectivity index is 1.26. The molecular formula is C47H56BIN3O10. The number of hydrogen-bond acceptors (Lipinski definition) is 12. The van der Waals surface area contributed by atoms with Crippen molar-refractivity contribution in [1.82, 2.24) is 14.7 Å². The molecule has 3 unspecified atom stereocenters. The molecule has 4 saturated heterocycles. The van der Waals surface area contributed by atoms with Crippen molar-refractivity contribution in [2.45, 2.75) is 101 Å². The van der Waals surface area contributed by atoms with Gasteiger partial charge >= 0.3 is 17.9 Å². The first kappa shape index (κ1) is 42.6. The zero-order valence-corrected chi connectivity index (χ0v) is 38.8. The lowest BCUT2D eigenvalue weighted by Crippen LogP contribution is -2.73. The van der Waals surface area contributed by atoms with Gasteiger partial charge in [-0.1, -0.05) is 55.1 Å². The molecule has 329 valence electrons. The Kier molecular flexibility index (Phi) is 9.84. The Morgan fingerprint density at radius 3 is 2.52 bits per heavy atom. The minimum absolute atomic E-state index is 0.0874. The van der Waals surface area contributed by atoms with Gasteiger partial charge in [0, 0.05) is 66.9 Å². The molecule has 7 aliphatic heterocycles. The lowest BCUT2D eigenvalue weighted by molar-refractivity contribution is -0.183. The number of epoxide rings is 1. The van der Waals surface area contributed by atoms with E-state index in [1.807, 2.05) is 19.9 Å². The van der Waals surface area contributed by atoms with Crippen LogP contribution in [0.2, 0.25) is 0 Å². The zero-order chi connectivity index (χ0) is 43.9. The van der Waals surface area contributed by atoms with Crippen LogP contribution in [0.25, 0.3) is 5.57 Å². The first-order valence-corrected chi connectivity index (χ1v) is 23.2. The van der Waals surface area contributed by atoms with Crippen LogP contribution < -0.4 is 5.46 Å². The second kappa shape index (κ2) is 14.3. The molecule has 9 aliphatic rings. The van der Waals surface area contributed by atoms with Gasteiger partial charge in [-0.25, -0.2) is 4.79 Å². The number of allylic oxidation sites excluding steroid dienone is 1. The Hall–Kier alpha value is -3.35. The Bertz CT molecular complexity index is 2320. The summed E-state index contributed by atoms with van der Waals surface area (Å²) in [5, 5.41) is 12.1. The van der Waals surface area contributed by atoms with Gasteiger partial charge in [-0.3, -0.25) is 29.1 Å². The number of rotatable bonds is 8. The number of halogens is 1. The summed E-state index contributed by atoms with van der Waals surface area (Å²) in [5.41, 5.74) is -1.06. The standard InChI is InChI=1S/C47H56BIN3O10/c1-8-42(57)21-28-22-44(40(55)59-6,37-29(11-15-50(23-28)24-42)30-17-26(3)34(49)19-33(30)48-37)32-18-31-35(20-36(32)58-5)52(25-53)47-45(31)13-16-51-14-10-12-43(9-2,38(45)51)39(61-27(4)54)46(47,62-47)41(56)60-7/h10,12,17-20,25,28,32,36,38-39,57H,8-9,11,13-16,21-24H2,1-7H3/t28-,32?,36?,38+,39-,42+,43-,44+,45-,46+,47+/m1/s1. The van der Waals surface area contributed by atoms with Crippen LogP contribution in [0.4, 0.5) is 0 Å². The minimum Gasteiger partial charge on any atom is -0.468 e. The fraction of sp³-hybridized carbons (Fsp3) is 0.617. The second-order valence-corrected chi connectivity index (χ2v) is 20.5. The molecule has 2 spiro atoms. The number of amides is 1. The molecule has 1 aromatic rings. The van der Waals surface area contributed by atoms with Crippen molar-refractivity contribution < 1.29 is 48.0 Å². The van der Waals surface area contributed by atoms with Crippen LogP contribution in [0.3, 0.4) is 0 Å². The van der Waals surface area contributed by atoms with E-state index in [4.69, 9.17) is 23.7 Å². The van der Waals surface area contributed by atoms with E-state index in [1.165, 1.54) is 26.0 Å². The van der Waals surface area contributed by atoms with Gasteiger partial charge in [0.1, 0.15) is 0 Å². The molecule has 1 amide bonds. The van der Waals surface area contributed by atoms with Crippen molar-refractivity contribution in [3.8, 4) is 0 Å². The molecule has 12 atom stereocenters. The molecule has 7 heterocycles. The molecule has 62 heavy (non-hydrogen) atoms. The topological polar surface area (TPSA) is 148 Å². The normalized spacial score (nSPS) is 41.9. The van der Waals surface area contributed by atoms with Crippen molar-refractivity contribution in [3.63, 3.8) is 0 Å². The molecular weight excluding hydrogens is 904 g/mol. The fourth-order valence-electron chi connectivity index (χ4n) is 14.5. The van der Waals surface area contributed by atoms with Crippen LogP contribution in [0.1, 0.15) is 70.4 Å². The number of aliphatic hydroxyl groups is 1. The molecule has 0 aromatic heterocycles. The Labute approximate surface area is 377 Å². The maximum Gasteiger partial charge on any atom is 0.347 e. The highest BCUT2D eigenvalue weighted by Gasteiger charge is 3.00. The van der Waals surface area contributed by atoms with Gasteiger partial charge in [-0.05, 0) is 109 Å². The number of benzene rings is 1. The van der Waals surface area contributed by atoms with Gasteiger partial charge < -0.3 is 28.8 Å². The number of fused-ring (bicyclic) bond motifs is 5. The molecule has 15 heteroatoms. The van der Waals surface area contributed by atoms with Gasteiger partial charge in [-0.15, -0.1) is 0 Å². The third kappa shape index (κ3) is 5.09. The zero-order valence-electron chi connectivity index (χ0n) is 36.6. The number of methoxy groups -OCH3 is 3. The summed E-state index contributed by atoms with van der Waals surface area (Å²) in [6, 6.07) is 4.05. The lowest BCUT2D eigenvalue weighted by atomic mass is 9.47. The number of carbonyl (C=O) groups is 4. The smallest absolute Gasteiger partial charge is 0.347 e. The molecule has 1 N–H and O–H groups in total.